The highest BCUT2D eigenvalue weighted by Crippen LogP contribution is 2.16. The van der Waals surface area contributed by atoms with Crippen molar-refractivity contribution in [1.29, 1.82) is 0 Å². The smallest absolute Gasteiger partial charge is 0.335 e. The fourth-order valence-electron chi connectivity index (χ4n) is 2.75. The zero-order valence-corrected chi connectivity index (χ0v) is 15.3. The minimum atomic E-state index is -0.903. The maximum absolute atomic E-state index is 10.9. The topological polar surface area (TPSA) is 58.6 Å². The van der Waals surface area contributed by atoms with E-state index in [1.807, 2.05) is 48.5 Å². The summed E-state index contributed by atoms with van der Waals surface area (Å²) in [7, 11) is 0. The van der Waals surface area contributed by atoms with Gasteiger partial charge in [-0.05, 0) is 53.4 Å². The lowest BCUT2D eigenvalue weighted by molar-refractivity contribution is 0.0697. The molecule has 0 aromatic heterocycles. The molecule has 0 aliphatic rings. The van der Waals surface area contributed by atoms with Crippen molar-refractivity contribution in [2.75, 3.05) is 0 Å². The monoisotopic (exact) mass is 361 g/mol. The SMILES string of the molecule is Cc1ccccc1COc1ccc(CNCc2ccc(C(=O)O)cc2)cc1. The van der Waals surface area contributed by atoms with Gasteiger partial charge in [-0.3, -0.25) is 0 Å². The zero-order valence-electron chi connectivity index (χ0n) is 15.3. The molecule has 0 saturated heterocycles. The molecule has 4 heteroatoms. The van der Waals surface area contributed by atoms with Gasteiger partial charge in [-0.25, -0.2) is 4.79 Å². The van der Waals surface area contributed by atoms with Crippen molar-refractivity contribution in [2.24, 2.45) is 0 Å². The Morgan fingerprint density at radius 3 is 2.07 bits per heavy atom. The van der Waals surface area contributed by atoms with Crippen LogP contribution in [0.25, 0.3) is 0 Å². The van der Waals surface area contributed by atoms with Crippen molar-refractivity contribution in [3.63, 3.8) is 0 Å². The van der Waals surface area contributed by atoms with Gasteiger partial charge in [0.05, 0.1) is 5.56 Å². The molecule has 0 aliphatic carbocycles. The Hall–Kier alpha value is -3.11. The van der Waals surface area contributed by atoms with E-state index in [2.05, 4.69) is 24.4 Å². The van der Waals surface area contributed by atoms with Crippen LogP contribution >= 0.6 is 0 Å². The Bertz CT molecular complexity index is 886. The maximum Gasteiger partial charge on any atom is 0.335 e. The first kappa shape index (κ1) is 18.7. The van der Waals surface area contributed by atoms with Gasteiger partial charge in [0.15, 0.2) is 0 Å². The Kier molecular flexibility index (Phi) is 6.23. The molecule has 0 atom stereocenters. The van der Waals surface area contributed by atoms with Crippen LogP contribution in [-0.2, 0) is 19.7 Å². The Morgan fingerprint density at radius 2 is 1.48 bits per heavy atom. The van der Waals surface area contributed by atoms with E-state index in [1.54, 1.807) is 12.1 Å². The molecule has 0 saturated carbocycles. The predicted octanol–water partition coefficient (Wildman–Crippen LogP) is 4.56. The van der Waals surface area contributed by atoms with Gasteiger partial charge in [-0.2, -0.15) is 0 Å². The first-order chi connectivity index (χ1) is 13.1. The highest BCUT2D eigenvalue weighted by Gasteiger charge is 2.02. The van der Waals surface area contributed by atoms with Crippen LogP contribution in [0.2, 0.25) is 0 Å². The number of hydrogen-bond donors (Lipinski definition) is 2. The second kappa shape index (κ2) is 9.01. The molecule has 0 aliphatic heterocycles. The van der Waals surface area contributed by atoms with Gasteiger partial charge in [0.2, 0.25) is 0 Å². The number of benzene rings is 3. The van der Waals surface area contributed by atoms with Crippen LogP contribution < -0.4 is 10.1 Å². The van der Waals surface area contributed by atoms with Crippen molar-refractivity contribution in [1.82, 2.24) is 5.32 Å². The quantitative estimate of drug-likeness (QED) is 0.617. The summed E-state index contributed by atoms with van der Waals surface area (Å²) in [5.41, 5.74) is 4.95. The van der Waals surface area contributed by atoms with Gasteiger partial charge < -0.3 is 15.2 Å². The highest BCUT2D eigenvalue weighted by atomic mass is 16.5. The van der Waals surface area contributed by atoms with Gasteiger partial charge in [0.1, 0.15) is 12.4 Å². The van der Waals surface area contributed by atoms with E-state index in [0.717, 1.165) is 17.9 Å². The van der Waals surface area contributed by atoms with Crippen molar-refractivity contribution in [2.45, 2.75) is 26.6 Å². The van der Waals surface area contributed by atoms with E-state index >= 15 is 0 Å². The summed E-state index contributed by atoms with van der Waals surface area (Å²) in [6.07, 6.45) is 0. The number of ether oxygens (including phenoxy) is 1. The summed E-state index contributed by atoms with van der Waals surface area (Å²) in [5, 5.41) is 12.3. The average Bonchev–Trinajstić information content (AvgIpc) is 2.69. The van der Waals surface area contributed by atoms with Crippen LogP contribution in [-0.4, -0.2) is 11.1 Å². The third-order valence-electron chi connectivity index (χ3n) is 4.44. The first-order valence-electron chi connectivity index (χ1n) is 8.91. The van der Waals surface area contributed by atoms with E-state index < -0.39 is 5.97 Å². The van der Waals surface area contributed by atoms with Crippen LogP contribution in [0.1, 0.15) is 32.6 Å². The van der Waals surface area contributed by atoms with E-state index in [1.165, 1.54) is 16.7 Å². The molecule has 3 aromatic rings. The van der Waals surface area contributed by atoms with Gasteiger partial charge >= 0.3 is 5.97 Å². The van der Waals surface area contributed by atoms with E-state index in [9.17, 15) is 4.79 Å². The summed E-state index contributed by atoms with van der Waals surface area (Å²) < 4.78 is 5.86. The molecule has 27 heavy (non-hydrogen) atoms. The lowest BCUT2D eigenvalue weighted by Crippen LogP contribution is -2.12. The third-order valence-corrected chi connectivity index (χ3v) is 4.44. The number of aromatic carboxylic acids is 1. The Balaban J connectivity index is 1.46. The zero-order chi connectivity index (χ0) is 19.1. The van der Waals surface area contributed by atoms with Crippen LogP contribution in [0.3, 0.4) is 0 Å². The highest BCUT2D eigenvalue weighted by molar-refractivity contribution is 5.87. The summed E-state index contributed by atoms with van der Waals surface area (Å²) in [4.78, 5) is 10.9. The summed E-state index contributed by atoms with van der Waals surface area (Å²) in [6.45, 7) is 4.07. The minimum absolute atomic E-state index is 0.306. The van der Waals surface area contributed by atoms with E-state index in [-0.39, 0.29) is 0 Å². The Labute approximate surface area is 159 Å². The standard InChI is InChI=1S/C23H23NO3/c1-17-4-2-3-5-21(17)16-27-22-12-8-19(9-13-22)15-24-14-18-6-10-20(11-7-18)23(25)26/h2-13,24H,14-16H2,1H3,(H,25,26). The predicted molar refractivity (Wildman–Crippen MR) is 106 cm³/mol. The molecule has 3 aromatic carbocycles. The minimum Gasteiger partial charge on any atom is -0.489 e. The molecule has 0 heterocycles. The summed E-state index contributed by atoms with van der Waals surface area (Å²) in [5.74, 6) is -0.0505. The van der Waals surface area contributed by atoms with E-state index in [4.69, 9.17) is 9.84 Å². The molecule has 3 rings (SSSR count). The van der Waals surface area contributed by atoms with E-state index in [0.29, 0.717) is 18.7 Å². The molecule has 0 bridgehead atoms. The number of nitrogens with one attached hydrogen (secondary N) is 1. The molecule has 138 valence electrons. The molecule has 0 amide bonds. The normalized spacial score (nSPS) is 10.6. The number of hydrogen-bond acceptors (Lipinski definition) is 3. The van der Waals surface area contributed by atoms with Gasteiger partial charge in [-0.15, -0.1) is 0 Å². The van der Waals surface area contributed by atoms with Crippen LogP contribution in [0.5, 0.6) is 5.75 Å². The largest absolute Gasteiger partial charge is 0.489 e. The summed E-state index contributed by atoms with van der Waals surface area (Å²) >= 11 is 0. The average molecular weight is 361 g/mol. The van der Waals surface area contributed by atoms with Gasteiger partial charge in [0, 0.05) is 13.1 Å². The number of carboxylic acid groups (broad SMARTS) is 1. The van der Waals surface area contributed by atoms with Crippen molar-refractivity contribution >= 4 is 5.97 Å². The number of carboxylic acids is 1. The fourth-order valence-corrected chi connectivity index (χ4v) is 2.75. The van der Waals surface area contributed by atoms with Crippen LogP contribution in [0, 0.1) is 6.92 Å². The molecule has 0 spiro atoms. The second-order valence-corrected chi connectivity index (χ2v) is 6.46. The van der Waals surface area contributed by atoms with Crippen LogP contribution in [0.4, 0.5) is 0 Å². The van der Waals surface area contributed by atoms with Crippen molar-refractivity contribution < 1.29 is 14.6 Å². The summed E-state index contributed by atoms with van der Waals surface area (Å²) in [6, 6.07) is 23.2. The fraction of sp³-hybridized carbons (Fsp3) is 0.174. The lowest BCUT2D eigenvalue weighted by atomic mass is 10.1. The molecule has 4 nitrogen and oxygen atoms in total. The third kappa shape index (κ3) is 5.43. The molecular formula is C23H23NO3. The first-order valence-corrected chi connectivity index (χ1v) is 8.91. The lowest BCUT2D eigenvalue weighted by Gasteiger charge is -2.10. The van der Waals surface area contributed by atoms with Gasteiger partial charge in [-0.1, -0.05) is 48.5 Å². The number of rotatable bonds is 8. The van der Waals surface area contributed by atoms with Crippen molar-refractivity contribution in [3.05, 3.63) is 101 Å². The van der Waals surface area contributed by atoms with Crippen molar-refractivity contribution in [3.8, 4) is 5.75 Å². The van der Waals surface area contributed by atoms with Crippen LogP contribution in [0.15, 0.2) is 72.8 Å². The second-order valence-electron chi connectivity index (χ2n) is 6.46. The molecule has 2 N–H and O–H groups in total. The molecule has 0 fully saturated rings. The van der Waals surface area contributed by atoms with Gasteiger partial charge in [0.25, 0.3) is 0 Å². The molecular weight excluding hydrogens is 338 g/mol. The number of aryl methyl sites for hydroxylation is 1. The molecule has 0 radical (unpaired) electrons. The maximum atomic E-state index is 10.9. The Morgan fingerprint density at radius 1 is 0.889 bits per heavy atom. The molecule has 0 unspecified atom stereocenters. The number of carbonyl (C=O) groups is 1.